The van der Waals surface area contributed by atoms with Gasteiger partial charge in [-0.25, -0.2) is 9.59 Å². The van der Waals surface area contributed by atoms with Crippen molar-refractivity contribution in [2.24, 2.45) is 5.73 Å². The second-order valence-corrected chi connectivity index (χ2v) is 6.31. The lowest BCUT2D eigenvalue weighted by Gasteiger charge is -2.15. The summed E-state index contributed by atoms with van der Waals surface area (Å²) in [7, 11) is 0. The molecular weight excluding hydrogens is 427 g/mol. The minimum atomic E-state index is -5.08. The summed E-state index contributed by atoms with van der Waals surface area (Å²) < 4.78 is 31.7. The SMILES string of the molecule is N[C@H](CCC(=O)N[C@@H](Cc1c[nH]c2ccccc12)C(=O)O)C(=O)O.O=C(O)C(F)(F)F. The van der Waals surface area contributed by atoms with E-state index in [9.17, 15) is 32.7 Å². The highest BCUT2D eigenvalue weighted by Crippen LogP contribution is 2.19. The number of nitrogens with two attached hydrogens (primary N) is 1. The molecule has 0 aliphatic carbocycles. The van der Waals surface area contributed by atoms with Crippen molar-refractivity contribution in [2.75, 3.05) is 0 Å². The number of carbonyl (C=O) groups is 4. The maximum absolute atomic E-state index is 11.8. The van der Waals surface area contributed by atoms with E-state index in [0.717, 1.165) is 16.5 Å². The van der Waals surface area contributed by atoms with E-state index in [0.29, 0.717) is 0 Å². The van der Waals surface area contributed by atoms with E-state index in [2.05, 4.69) is 10.3 Å². The number of aliphatic carboxylic acids is 3. The number of H-pyrrole nitrogens is 1. The van der Waals surface area contributed by atoms with Gasteiger partial charge < -0.3 is 31.4 Å². The van der Waals surface area contributed by atoms with Gasteiger partial charge in [0.15, 0.2) is 0 Å². The standard InChI is InChI=1S/C16H19N3O5.C2HF3O2/c17-11(15(21)22)5-6-14(20)19-13(16(23)24)7-9-8-18-12-4-2-1-3-10(9)12;3-2(4,5)1(6)7/h1-4,8,11,13,18H,5-7,17H2,(H,19,20)(H,21,22)(H,23,24);(H,6,7)/t11-,13+;/m1./s1. The fourth-order valence-electron chi connectivity index (χ4n) is 2.40. The van der Waals surface area contributed by atoms with Crippen LogP contribution in [0, 0.1) is 0 Å². The number of amides is 1. The molecule has 2 atom stereocenters. The molecule has 1 aromatic heterocycles. The third-order valence-corrected chi connectivity index (χ3v) is 3.97. The molecule has 13 heteroatoms. The number of carbonyl (C=O) groups excluding carboxylic acids is 1. The average Bonchev–Trinajstić information content (AvgIpc) is 3.08. The molecular formula is C18H20F3N3O7. The van der Waals surface area contributed by atoms with E-state index < -0.39 is 42.1 Å². The molecule has 0 spiro atoms. The zero-order valence-electron chi connectivity index (χ0n) is 15.8. The first-order chi connectivity index (χ1) is 14.3. The maximum Gasteiger partial charge on any atom is 0.490 e. The number of hydrogen-bond donors (Lipinski definition) is 6. The van der Waals surface area contributed by atoms with Gasteiger partial charge in [0.05, 0.1) is 0 Å². The third-order valence-electron chi connectivity index (χ3n) is 3.97. The van der Waals surface area contributed by atoms with Crippen molar-refractivity contribution < 1.29 is 47.7 Å². The van der Waals surface area contributed by atoms with E-state index in [1.54, 1.807) is 6.20 Å². The van der Waals surface area contributed by atoms with Gasteiger partial charge in [0.2, 0.25) is 5.91 Å². The Bertz CT molecular complexity index is 943. The molecule has 10 nitrogen and oxygen atoms in total. The number of rotatable bonds is 8. The largest absolute Gasteiger partial charge is 0.490 e. The Labute approximate surface area is 172 Å². The monoisotopic (exact) mass is 447 g/mol. The Balaban J connectivity index is 0.000000592. The number of carboxylic acid groups (broad SMARTS) is 3. The number of aromatic nitrogens is 1. The highest BCUT2D eigenvalue weighted by Gasteiger charge is 2.38. The van der Waals surface area contributed by atoms with Crippen molar-refractivity contribution in [1.82, 2.24) is 10.3 Å². The molecule has 31 heavy (non-hydrogen) atoms. The summed E-state index contributed by atoms with van der Waals surface area (Å²) in [6.07, 6.45) is -3.45. The molecule has 2 aromatic rings. The lowest BCUT2D eigenvalue weighted by Crippen LogP contribution is -2.43. The van der Waals surface area contributed by atoms with Gasteiger partial charge in [0.1, 0.15) is 12.1 Å². The van der Waals surface area contributed by atoms with Gasteiger partial charge in [-0.05, 0) is 18.1 Å². The fraction of sp³-hybridized carbons (Fsp3) is 0.333. The highest BCUT2D eigenvalue weighted by molar-refractivity contribution is 5.87. The molecule has 170 valence electrons. The van der Waals surface area contributed by atoms with Gasteiger partial charge in [-0.1, -0.05) is 18.2 Å². The van der Waals surface area contributed by atoms with Crippen LogP contribution in [0.5, 0.6) is 0 Å². The molecule has 0 radical (unpaired) electrons. The first kappa shape index (κ1) is 25.4. The Hall–Kier alpha value is -3.61. The number of para-hydroxylation sites is 1. The smallest absolute Gasteiger partial charge is 0.480 e. The minimum Gasteiger partial charge on any atom is -0.480 e. The number of alkyl halides is 3. The normalized spacial score (nSPS) is 12.9. The molecule has 7 N–H and O–H groups in total. The van der Waals surface area contributed by atoms with E-state index >= 15 is 0 Å². The number of nitrogens with one attached hydrogen (secondary N) is 2. The lowest BCUT2D eigenvalue weighted by molar-refractivity contribution is -0.192. The summed E-state index contributed by atoms with van der Waals surface area (Å²) >= 11 is 0. The zero-order chi connectivity index (χ0) is 23.8. The predicted octanol–water partition coefficient (Wildman–Crippen LogP) is 1.11. The third kappa shape index (κ3) is 8.34. The Kier molecular flexibility index (Phi) is 8.99. The van der Waals surface area contributed by atoms with Crippen molar-refractivity contribution in [2.45, 2.75) is 37.5 Å². The summed E-state index contributed by atoms with van der Waals surface area (Å²) in [5, 5.41) is 28.4. The van der Waals surface area contributed by atoms with Crippen LogP contribution in [-0.4, -0.2) is 62.4 Å². The molecule has 0 saturated carbocycles. The van der Waals surface area contributed by atoms with Gasteiger partial charge in [-0.15, -0.1) is 0 Å². The highest BCUT2D eigenvalue weighted by atomic mass is 19.4. The van der Waals surface area contributed by atoms with Crippen LogP contribution in [0.4, 0.5) is 13.2 Å². The number of carboxylic acids is 3. The molecule has 0 unspecified atom stereocenters. The quantitative estimate of drug-likeness (QED) is 0.348. The van der Waals surface area contributed by atoms with E-state index in [-0.39, 0.29) is 19.3 Å². The first-order valence-corrected chi connectivity index (χ1v) is 8.68. The van der Waals surface area contributed by atoms with Crippen LogP contribution in [0.3, 0.4) is 0 Å². The van der Waals surface area contributed by atoms with Crippen molar-refractivity contribution in [3.05, 3.63) is 36.0 Å². The van der Waals surface area contributed by atoms with E-state index in [1.165, 1.54) is 0 Å². The van der Waals surface area contributed by atoms with Crippen LogP contribution >= 0.6 is 0 Å². The van der Waals surface area contributed by atoms with Crippen LogP contribution in [0.2, 0.25) is 0 Å². The Morgan fingerprint density at radius 1 is 1.06 bits per heavy atom. The number of aromatic amines is 1. The van der Waals surface area contributed by atoms with Gasteiger partial charge in [0.25, 0.3) is 0 Å². The van der Waals surface area contributed by atoms with Crippen LogP contribution in [0.15, 0.2) is 30.5 Å². The summed E-state index contributed by atoms with van der Waals surface area (Å²) in [6.45, 7) is 0. The Morgan fingerprint density at radius 3 is 2.16 bits per heavy atom. The second-order valence-electron chi connectivity index (χ2n) is 6.31. The number of fused-ring (bicyclic) bond motifs is 1. The second kappa shape index (κ2) is 11.0. The van der Waals surface area contributed by atoms with Crippen molar-refractivity contribution in [3.63, 3.8) is 0 Å². The average molecular weight is 447 g/mol. The summed E-state index contributed by atoms with van der Waals surface area (Å²) in [6, 6.07) is 5.21. The predicted molar refractivity (Wildman–Crippen MR) is 100 cm³/mol. The van der Waals surface area contributed by atoms with E-state index in [1.807, 2.05) is 24.3 Å². The lowest BCUT2D eigenvalue weighted by atomic mass is 10.0. The molecule has 0 bridgehead atoms. The molecule has 1 aromatic carbocycles. The number of benzene rings is 1. The van der Waals surface area contributed by atoms with Crippen LogP contribution in [0.25, 0.3) is 10.9 Å². The fourth-order valence-corrected chi connectivity index (χ4v) is 2.40. The van der Waals surface area contributed by atoms with Crippen molar-refractivity contribution in [1.29, 1.82) is 0 Å². The molecule has 1 amide bonds. The van der Waals surface area contributed by atoms with Crippen molar-refractivity contribution in [3.8, 4) is 0 Å². The van der Waals surface area contributed by atoms with Crippen LogP contribution in [0.1, 0.15) is 18.4 Å². The zero-order valence-corrected chi connectivity index (χ0v) is 15.8. The van der Waals surface area contributed by atoms with Crippen LogP contribution in [-0.2, 0) is 25.6 Å². The number of halogens is 3. The number of hydrogen-bond acceptors (Lipinski definition) is 5. The molecule has 1 heterocycles. The van der Waals surface area contributed by atoms with E-state index in [4.69, 9.17) is 20.7 Å². The van der Waals surface area contributed by atoms with Gasteiger partial charge in [-0.2, -0.15) is 13.2 Å². The van der Waals surface area contributed by atoms with Crippen molar-refractivity contribution >= 4 is 34.7 Å². The molecule has 0 saturated heterocycles. The molecule has 0 aliphatic rings. The molecule has 0 fully saturated rings. The summed E-state index contributed by atoms with van der Waals surface area (Å²) in [5.74, 6) is -5.65. The van der Waals surface area contributed by atoms with Gasteiger partial charge >= 0.3 is 24.1 Å². The Morgan fingerprint density at radius 2 is 1.65 bits per heavy atom. The maximum atomic E-state index is 11.8. The molecule has 0 aliphatic heterocycles. The molecule has 2 rings (SSSR count). The first-order valence-electron chi connectivity index (χ1n) is 8.68. The minimum absolute atomic E-state index is 0.0550. The summed E-state index contributed by atoms with van der Waals surface area (Å²) in [4.78, 5) is 45.8. The topological polar surface area (TPSA) is 183 Å². The summed E-state index contributed by atoms with van der Waals surface area (Å²) in [5.41, 5.74) is 6.99. The van der Waals surface area contributed by atoms with Gasteiger partial charge in [-0.3, -0.25) is 9.59 Å². The van der Waals surface area contributed by atoms with Crippen LogP contribution < -0.4 is 11.1 Å². The van der Waals surface area contributed by atoms with Gasteiger partial charge in [0, 0.05) is 29.9 Å².